The number of halogens is 3. The predicted octanol–water partition coefficient (Wildman–Crippen LogP) is 5.33. The van der Waals surface area contributed by atoms with E-state index >= 15 is 0 Å². The molecule has 0 N–H and O–H groups in total. The van der Waals surface area contributed by atoms with Gasteiger partial charge >= 0.3 is 6.18 Å². The summed E-state index contributed by atoms with van der Waals surface area (Å²) in [5, 5.41) is 1.00. The SMILES string of the molecule is Cc1cc(OC2CCN(C(C)c3ccc4sc(C)nc4n3)CC2)cc(C(F)(F)F)n1. The molecule has 1 atom stereocenters. The molecule has 0 bridgehead atoms. The van der Waals surface area contributed by atoms with E-state index in [1.807, 2.05) is 13.0 Å². The van der Waals surface area contributed by atoms with Crippen molar-refractivity contribution in [3.8, 4) is 5.75 Å². The van der Waals surface area contributed by atoms with Gasteiger partial charge in [-0.05, 0) is 45.7 Å². The van der Waals surface area contributed by atoms with Gasteiger partial charge in [-0.1, -0.05) is 0 Å². The Bertz CT molecular complexity index is 1040. The highest BCUT2D eigenvalue weighted by Crippen LogP contribution is 2.32. The van der Waals surface area contributed by atoms with Crippen LogP contribution in [0.1, 0.15) is 47.9 Å². The van der Waals surface area contributed by atoms with Crippen molar-refractivity contribution < 1.29 is 17.9 Å². The average molecular weight is 437 g/mol. The summed E-state index contributed by atoms with van der Waals surface area (Å²) < 4.78 is 45.9. The Kier molecular flexibility index (Phi) is 5.67. The Balaban J connectivity index is 1.39. The summed E-state index contributed by atoms with van der Waals surface area (Å²) in [6.45, 7) is 7.22. The van der Waals surface area contributed by atoms with Gasteiger partial charge in [0.05, 0.1) is 15.4 Å². The Morgan fingerprint density at radius 1 is 1.10 bits per heavy atom. The van der Waals surface area contributed by atoms with Gasteiger partial charge in [0.15, 0.2) is 5.65 Å². The number of likely N-dealkylation sites (tertiary alicyclic amines) is 1. The summed E-state index contributed by atoms with van der Waals surface area (Å²) >= 11 is 1.63. The first kappa shape index (κ1) is 21.0. The number of hydrogen-bond acceptors (Lipinski definition) is 6. The lowest BCUT2D eigenvalue weighted by Gasteiger charge is -2.35. The Morgan fingerprint density at radius 3 is 2.53 bits per heavy atom. The molecule has 30 heavy (non-hydrogen) atoms. The highest BCUT2D eigenvalue weighted by atomic mass is 32.1. The maximum absolute atomic E-state index is 13.0. The second kappa shape index (κ2) is 8.11. The van der Waals surface area contributed by atoms with Crippen molar-refractivity contribution in [3.63, 3.8) is 0 Å². The van der Waals surface area contributed by atoms with Crippen LogP contribution in [0, 0.1) is 13.8 Å². The molecule has 0 spiro atoms. The lowest BCUT2D eigenvalue weighted by atomic mass is 10.0. The number of aromatic nitrogens is 3. The minimum atomic E-state index is -4.48. The number of ether oxygens (including phenoxy) is 1. The molecule has 3 aromatic rings. The number of piperidine rings is 1. The third-order valence-electron chi connectivity index (χ3n) is 5.35. The summed E-state index contributed by atoms with van der Waals surface area (Å²) in [6.07, 6.45) is -3.11. The van der Waals surface area contributed by atoms with Gasteiger partial charge in [0, 0.05) is 37.0 Å². The molecule has 4 rings (SSSR count). The normalized spacial score (nSPS) is 17.4. The molecule has 1 fully saturated rings. The van der Waals surface area contributed by atoms with Crippen molar-refractivity contribution in [2.24, 2.45) is 0 Å². The lowest BCUT2D eigenvalue weighted by molar-refractivity contribution is -0.141. The van der Waals surface area contributed by atoms with Crippen LogP contribution in [0.15, 0.2) is 24.3 Å². The Labute approximate surface area is 176 Å². The molecule has 0 aliphatic carbocycles. The van der Waals surface area contributed by atoms with Crippen LogP contribution < -0.4 is 4.74 Å². The van der Waals surface area contributed by atoms with Gasteiger partial charge in [0.2, 0.25) is 0 Å². The molecule has 160 valence electrons. The zero-order chi connectivity index (χ0) is 21.5. The van der Waals surface area contributed by atoms with E-state index in [0.29, 0.717) is 5.69 Å². The number of pyridine rings is 2. The lowest BCUT2D eigenvalue weighted by Crippen LogP contribution is -2.39. The molecular weight excluding hydrogens is 413 g/mol. The second-order valence-corrected chi connectivity index (χ2v) is 8.88. The largest absolute Gasteiger partial charge is 0.490 e. The molecule has 1 saturated heterocycles. The molecule has 3 aromatic heterocycles. The summed E-state index contributed by atoms with van der Waals surface area (Å²) in [4.78, 5) is 15.1. The van der Waals surface area contributed by atoms with Crippen molar-refractivity contribution >= 4 is 21.7 Å². The zero-order valence-corrected chi connectivity index (χ0v) is 17.8. The second-order valence-electron chi connectivity index (χ2n) is 7.65. The van der Waals surface area contributed by atoms with Crippen molar-refractivity contribution in [1.82, 2.24) is 19.9 Å². The summed E-state index contributed by atoms with van der Waals surface area (Å²) in [5.41, 5.74) is 1.15. The third-order valence-corrected chi connectivity index (χ3v) is 6.28. The number of rotatable bonds is 4. The fourth-order valence-corrected chi connectivity index (χ4v) is 4.55. The molecule has 0 amide bonds. The number of thiazole rings is 1. The Morgan fingerprint density at radius 2 is 1.83 bits per heavy atom. The number of nitrogens with zero attached hydrogens (tertiary/aromatic N) is 4. The first-order valence-electron chi connectivity index (χ1n) is 9.90. The van der Waals surface area contributed by atoms with Gasteiger partial charge in [-0.25, -0.2) is 15.0 Å². The van der Waals surface area contributed by atoms with Crippen LogP contribution in [0.2, 0.25) is 0 Å². The molecular formula is C21H23F3N4OS. The van der Waals surface area contributed by atoms with E-state index in [9.17, 15) is 13.2 Å². The first-order chi connectivity index (χ1) is 14.2. The maximum Gasteiger partial charge on any atom is 0.433 e. The molecule has 0 saturated carbocycles. The Hall–Kier alpha value is -2.26. The van der Waals surface area contributed by atoms with Gasteiger partial charge in [-0.3, -0.25) is 4.90 Å². The van der Waals surface area contributed by atoms with Crippen LogP contribution >= 0.6 is 11.3 Å². The average Bonchev–Trinajstić information content (AvgIpc) is 3.06. The monoisotopic (exact) mass is 436 g/mol. The van der Waals surface area contributed by atoms with E-state index < -0.39 is 11.9 Å². The topological polar surface area (TPSA) is 51.1 Å². The van der Waals surface area contributed by atoms with Crippen molar-refractivity contribution in [1.29, 1.82) is 0 Å². The number of aryl methyl sites for hydroxylation is 2. The van der Waals surface area contributed by atoms with E-state index in [1.165, 1.54) is 0 Å². The van der Waals surface area contributed by atoms with Gasteiger partial charge in [0.1, 0.15) is 17.5 Å². The van der Waals surface area contributed by atoms with Crippen LogP contribution in [-0.2, 0) is 6.18 Å². The molecule has 5 nitrogen and oxygen atoms in total. The van der Waals surface area contributed by atoms with Gasteiger partial charge in [0.25, 0.3) is 0 Å². The summed E-state index contributed by atoms with van der Waals surface area (Å²) in [6, 6.07) is 6.79. The fraction of sp³-hybridized carbons (Fsp3) is 0.476. The van der Waals surface area contributed by atoms with Crippen molar-refractivity contribution in [3.05, 3.63) is 46.4 Å². The van der Waals surface area contributed by atoms with Gasteiger partial charge < -0.3 is 4.74 Å². The standard InChI is InChI=1S/C21H23F3N4OS/c1-12-10-16(11-19(25-12)21(22,23)24)29-15-6-8-28(9-7-15)13(2)17-4-5-18-20(27-17)26-14(3)30-18/h4-5,10-11,13,15H,6-9H2,1-3H3. The van der Waals surface area contributed by atoms with E-state index in [0.717, 1.165) is 53.0 Å². The van der Waals surface area contributed by atoms with E-state index in [-0.39, 0.29) is 17.9 Å². The number of hydrogen-bond donors (Lipinski definition) is 0. The van der Waals surface area contributed by atoms with Crippen LogP contribution in [0.4, 0.5) is 13.2 Å². The van der Waals surface area contributed by atoms with Crippen LogP contribution in [0.5, 0.6) is 5.75 Å². The molecule has 1 aliphatic rings. The minimum Gasteiger partial charge on any atom is -0.490 e. The predicted molar refractivity (Wildman–Crippen MR) is 110 cm³/mol. The maximum atomic E-state index is 13.0. The molecule has 9 heteroatoms. The van der Waals surface area contributed by atoms with Gasteiger partial charge in [-0.15, -0.1) is 11.3 Å². The van der Waals surface area contributed by atoms with E-state index in [2.05, 4.69) is 27.9 Å². The third kappa shape index (κ3) is 4.57. The van der Waals surface area contributed by atoms with Gasteiger partial charge in [-0.2, -0.15) is 13.2 Å². The van der Waals surface area contributed by atoms with Crippen LogP contribution in [0.25, 0.3) is 10.3 Å². The summed E-state index contributed by atoms with van der Waals surface area (Å²) in [7, 11) is 0. The zero-order valence-electron chi connectivity index (χ0n) is 17.0. The van der Waals surface area contributed by atoms with Crippen LogP contribution in [0.3, 0.4) is 0 Å². The van der Waals surface area contributed by atoms with Crippen LogP contribution in [-0.4, -0.2) is 39.0 Å². The molecule has 0 radical (unpaired) electrons. The quantitative estimate of drug-likeness (QED) is 0.554. The van der Waals surface area contributed by atoms with E-state index in [4.69, 9.17) is 9.72 Å². The molecule has 0 aromatic carbocycles. The van der Waals surface area contributed by atoms with Crippen molar-refractivity contribution in [2.45, 2.75) is 51.9 Å². The fourth-order valence-electron chi connectivity index (χ4n) is 3.78. The smallest absolute Gasteiger partial charge is 0.433 e. The highest BCUT2D eigenvalue weighted by Gasteiger charge is 2.33. The molecule has 1 unspecified atom stereocenters. The molecule has 4 heterocycles. The summed E-state index contributed by atoms with van der Waals surface area (Å²) in [5.74, 6) is 0.229. The van der Waals surface area contributed by atoms with E-state index in [1.54, 1.807) is 24.3 Å². The first-order valence-corrected chi connectivity index (χ1v) is 10.7. The highest BCUT2D eigenvalue weighted by molar-refractivity contribution is 7.18. The minimum absolute atomic E-state index is 0.118. The van der Waals surface area contributed by atoms with Crippen molar-refractivity contribution in [2.75, 3.05) is 13.1 Å². The number of fused-ring (bicyclic) bond motifs is 1. The number of alkyl halides is 3. The molecule has 1 aliphatic heterocycles.